The fraction of sp³-hybridized carbons (Fsp3) is 0.435. The second kappa shape index (κ2) is 10.1. The Labute approximate surface area is 162 Å². The number of benzene rings is 2. The Bertz CT molecular complexity index is 711. The largest absolute Gasteiger partial charge is 0.497 e. The average Bonchev–Trinajstić information content (AvgIpc) is 3.24. The molecule has 1 aliphatic rings. The van der Waals surface area contributed by atoms with Gasteiger partial charge in [0.05, 0.1) is 13.2 Å². The van der Waals surface area contributed by atoms with Gasteiger partial charge in [-0.05, 0) is 62.0 Å². The van der Waals surface area contributed by atoms with Crippen LogP contribution in [0.15, 0.2) is 54.6 Å². The summed E-state index contributed by atoms with van der Waals surface area (Å²) in [6.07, 6.45) is 4.85. The van der Waals surface area contributed by atoms with Gasteiger partial charge in [0.15, 0.2) is 0 Å². The second-order valence-corrected chi connectivity index (χ2v) is 7.18. The minimum atomic E-state index is 0.137. The third-order valence-electron chi connectivity index (χ3n) is 5.26. The number of methoxy groups -OCH3 is 1. The predicted octanol–water partition coefficient (Wildman–Crippen LogP) is 3.97. The third kappa shape index (κ3) is 5.83. The highest BCUT2D eigenvalue weighted by Crippen LogP contribution is 2.27. The normalized spacial score (nSPS) is 15.4. The molecule has 2 aromatic carbocycles. The van der Waals surface area contributed by atoms with E-state index in [-0.39, 0.29) is 11.9 Å². The molecule has 2 aromatic rings. The number of amides is 1. The van der Waals surface area contributed by atoms with Crippen molar-refractivity contribution in [1.82, 2.24) is 10.2 Å². The number of carbonyl (C=O) groups is 1. The fourth-order valence-electron chi connectivity index (χ4n) is 3.76. The monoisotopic (exact) mass is 366 g/mol. The molecule has 1 amide bonds. The first-order valence-electron chi connectivity index (χ1n) is 9.95. The van der Waals surface area contributed by atoms with E-state index in [1.807, 2.05) is 30.3 Å². The van der Waals surface area contributed by atoms with Gasteiger partial charge in [0.1, 0.15) is 5.75 Å². The van der Waals surface area contributed by atoms with Crippen molar-refractivity contribution in [3.05, 3.63) is 65.7 Å². The first kappa shape index (κ1) is 19.4. The van der Waals surface area contributed by atoms with Crippen molar-refractivity contribution in [3.63, 3.8) is 0 Å². The highest BCUT2D eigenvalue weighted by molar-refractivity contribution is 5.75. The minimum Gasteiger partial charge on any atom is -0.497 e. The molecule has 0 bridgehead atoms. The maximum atomic E-state index is 12.4. The number of aryl methyl sites for hydroxylation is 1. The first-order valence-corrected chi connectivity index (χ1v) is 9.95. The second-order valence-electron chi connectivity index (χ2n) is 7.18. The number of hydrogen-bond donors (Lipinski definition) is 1. The lowest BCUT2D eigenvalue weighted by molar-refractivity contribution is -0.121. The number of ether oxygens (including phenoxy) is 1. The van der Waals surface area contributed by atoms with Gasteiger partial charge in [-0.2, -0.15) is 0 Å². The maximum absolute atomic E-state index is 12.4. The van der Waals surface area contributed by atoms with E-state index in [0.717, 1.165) is 31.7 Å². The van der Waals surface area contributed by atoms with Gasteiger partial charge in [-0.3, -0.25) is 9.69 Å². The Morgan fingerprint density at radius 2 is 1.89 bits per heavy atom. The molecule has 1 heterocycles. The zero-order chi connectivity index (χ0) is 18.9. The van der Waals surface area contributed by atoms with Gasteiger partial charge >= 0.3 is 0 Å². The Morgan fingerprint density at radius 1 is 1.11 bits per heavy atom. The van der Waals surface area contributed by atoms with E-state index in [4.69, 9.17) is 4.74 Å². The highest BCUT2D eigenvalue weighted by atomic mass is 16.5. The van der Waals surface area contributed by atoms with Crippen molar-refractivity contribution < 1.29 is 9.53 Å². The predicted molar refractivity (Wildman–Crippen MR) is 109 cm³/mol. The molecule has 0 saturated carbocycles. The molecular weight excluding hydrogens is 336 g/mol. The molecule has 1 fully saturated rings. The van der Waals surface area contributed by atoms with E-state index in [1.54, 1.807) is 7.11 Å². The number of likely N-dealkylation sites (tertiary alicyclic amines) is 1. The molecule has 0 aromatic heterocycles. The molecule has 1 aliphatic heterocycles. The number of rotatable bonds is 9. The molecule has 144 valence electrons. The summed E-state index contributed by atoms with van der Waals surface area (Å²) in [4.78, 5) is 14.8. The number of carbonyl (C=O) groups excluding carboxylic acids is 1. The molecule has 0 unspecified atom stereocenters. The first-order chi connectivity index (χ1) is 13.3. The average molecular weight is 367 g/mol. The van der Waals surface area contributed by atoms with Crippen LogP contribution in [0.2, 0.25) is 0 Å². The van der Waals surface area contributed by atoms with Crippen molar-refractivity contribution in [2.24, 2.45) is 0 Å². The molecule has 0 radical (unpaired) electrons. The van der Waals surface area contributed by atoms with Crippen molar-refractivity contribution in [1.29, 1.82) is 0 Å². The van der Waals surface area contributed by atoms with Crippen LogP contribution in [0.25, 0.3) is 0 Å². The van der Waals surface area contributed by atoms with Crippen molar-refractivity contribution >= 4 is 5.91 Å². The lowest BCUT2D eigenvalue weighted by Crippen LogP contribution is -2.36. The van der Waals surface area contributed by atoms with Gasteiger partial charge < -0.3 is 10.1 Å². The van der Waals surface area contributed by atoms with Crippen LogP contribution in [-0.2, 0) is 11.2 Å². The standard InChI is InChI=1S/C23H30N2O2/c1-27-21-13-8-12-20(17-21)22(25-15-5-6-16-25)18-24-23(26)14-7-11-19-9-3-2-4-10-19/h2-4,8-10,12-13,17,22H,5-7,11,14-16,18H2,1H3,(H,24,26)/t22-/m1/s1. The molecule has 1 atom stereocenters. The third-order valence-corrected chi connectivity index (χ3v) is 5.26. The van der Waals surface area contributed by atoms with Gasteiger partial charge in [-0.15, -0.1) is 0 Å². The van der Waals surface area contributed by atoms with Crippen LogP contribution < -0.4 is 10.1 Å². The molecule has 4 nitrogen and oxygen atoms in total. The Hall–Kier alpha value is -2.33. The summed E-state index contributed by atoms with van der Waals surface area (Å²) < 4.78 is 5.38. The Balaban J connectivity index is 1.53. The maximum Gasteiger partial charge on any atom is 0.220 e. The molecule has 4 heteroatoms. The van der Waals surface area contributed by atoms with Crippen LogP contribution in [-0.4, -0.2) is 37.6 Å². The van der Waals surface area contributed by atoms with Gasteiger partial charge in [-0.1, -0.05) is 42.5 Å². The van der Waals surface area contributed by atoms with Gasteiger partial charge in [0.2, 0.25) is 5.91 Å². The van der Waals surface area contributed by atoms with Crippen molar-refractivity contribution in [2.75, 3.05) is 26.7 Å². The number of nitrogens with one attached hydrogen (secondary N) is 1. The lowest BCUT2D eigenvalue weighted by atomic mass is 10.0. The SMILES string of the molecule is COc1cccc([C@@H](CNC(=O)CCCc2ccccc2)N2CCCC2)c1. The molecule has 1 N–H and O–H groups in total. The van der Waals surface area contributed by atoms with E-state index < -0.39 is 0 Å². The summed E-state index contributed by atoms with van der Waals surface area (Å²) in [5.74, 6) is 1.00. The summed E-state index contributed by atoms with van der Waals surface area (Å²) in [5, 5.41) is 3.16. The Morgan fingerprint density at radius 3 is 2.63 bits per heavy atom. The van der Waals surface area contributed by atoms with Crippen LogP contribution in [0.1, 0.15) is 42.9 Å². The van der Waals surface area contributed by atoms with E-state index in [1.165, 1.54) is 24.0 Å². The summed E-state index contributed by atoms with van der Waals surface area (Å²) >= 11 is 0. The van der Waals surface area contributed by atoms with Crippen molar-refractivity contribution in [3.8, 4) is 5.75 Å². The van der Waals surface area contributed by atoms with Crippen LogP contribution in [0, 0.1) is 0 Å². The summed E-state index contributed by atoms with van der Waals surface area (Å²) in [6.45, 7) is 2.83. The zero-order valence-electron chi connectivity index (χ0n) is 16.2. The summed E-state index contributed by atoms with van der Waals surface area (Å²) in [7, 11) is 1.69. The summed E-state index contributed by atoms with van der Waals surface area (Å²) in [6, 6.07) is 18.8. The Kier molecular flexibility index (Phi) is 7.28. The topological polar surface area (TPSA) is 41.6 Å². The van der Waals surface area contributed by atoms with Crippen LogP contribution in [0.4, 0.5) is 0 Å². The number of hydrogen-bond acceptors (Lipinski definition) is 3. The van der Waals surface area contributed by atoms with Gasteiger partial charge in [-0.25, -0.2) is 0 Å². The molecule has 0 aliphatic carbocycles. The van der Waals surface area contributed by atoms with E-state index in [2.05, 4.69) is 34.5 Å². The van der Waals surface area contributed by atoms with Crippen LogP contribution >= 0.6 is 0 Å². The molecule has 0 spiro atoms. The van der Waals surface area contributed by atoms with E-state index in [0.29, 0.717) is 13.0 Å². The number of nitrogens with zero attached hydrogens (tertiary/aromatic N) is 1. The smallest absolute Gasteiger partial charge is 0.220 e. The molecular formula is C23H30N2O2. The van der Waals surface area contributed by atoms with E-state index in [9.17, 15) is 4.79 Å². The van der Waals surface area contributed by atoms with Gasteiger partial charge in [0.25, 0.3) is 0 Å². The van der Waals surface area contributed by atoms with Crippen molar-refractivity contribution in [2.45, 2.75) is 38.1 Å². The quantitative estimate of drug-likeness (QED) is 0.730. The van der Waals surface area contributed by atoms with Crippen LogP contribution in [0.5, 0.6) is 5.75 Å². The fourth-order valence-corrected chi connectivity index (χ4v) is 3.76. The molecule has 1 saturated heterocycles. The van der Waals surface area contributed by atoms with Gasteiger partial charge in [0, 0.05) is 13.0 Å². The lowest BCUT2D eigenvalue weighted by Gasteiger charge is -2.28. The van der Waals surface area contributed by atoms with Crippen LogP contribution in [0.3, 0.4) is 0 Å². The molecule has 27 heavy (non-hydrogen) atoms. The highest BCUT2D eigenvalue weighted by Gasteiger charge is 2.24. The molecule has 3 rings (SSSR count). The zero-order valence-corrected chi connectivity index (χ0v) is 16.2. The summed E-state index contributed by atoms with van der Waals surface area (Å²) in [5.41, 5.74) is 2.50. The van der Waals surface area contributed by atoms with E-state index >= 15 is 0 Å². The minimum absolute atomic E-state index is 0.137.